The SMILES string of the molecule is Cc1c(C(=O)N2CCCC(c3nnc(-c4cccs4)o3)C2)cccc1[N+](=O)[O-]. The third kappa shape index (κ3) is 3.40. The van der Waals surface area contributed by atoms with Crippen molar-refractivity contribution in [3.63, 3.8) is 0 Å². The Kier molecular flexibility index (Phi) is 4.91. The van der Waals surface area contributed by atoms with Crippen LogP contribution in [0.2, 0.25) is 0 Å². The van der Waals surface area contributed by atoms with Crippen molar-refractivity contribution in [1.29, 1.82) is 0 Å². The molecular weight excluding hydrogens is 380 g/mol. The van der Waals surface area contributed by atoms with Gasteiger partial charge in [0.1, 0.15) is 0 Å². The summed E-state index contributed by atoms with van der Waals surface area (Å²) in [6.07, 6.45) is 1.66. The van der Waals surface area contributed by atoms with Crippen LogP contribution in [0.4, 0.5) is 5.69 Å². The monoisotopic (exact) mass is 398 g/mol. The van der Waals surface area contributed by atoms with E-state index in [2.05, 4.69) is 10.2 Å². The minimum absolute atomic E-state index is 0.0436. The number of likely N-dealkylation sites (tertiary alicyclic amines) is 1. The number of amides is 1. The minimum Gasteiger partial charge on any atom is -0.420 e. The van der Waals surface area contributed by atoms with Gasteiger partial charge in [0.2, 0.25) is 5.89 Å². The summed E-state index contributed by atoms with van der Waals surface area (Å²) < 4.78 is 5.84. The van der Waals surface area contributed by atoms with E-state index in [1.54, 1.807) is 24.0 Å². The van der Waals surface area contributed by atoms with E-state index in [0.29, 0.717) is 36.0 Å². The maximum absolute atomic E-state index is 13.0. The largest absolute Gasteiger partial charge is 0.420 e. The molecule has 0 saturated carbocycles. The van der Waals surface area contributed by atoms with Crippen molar-refractivity contribution >= 4 is 22.9 Å². The van der Waals surface area contributed by atoms with Crippen LogP contribution in [0.25, 0.3) is 10.8 Å². The summed E-state index contributed by atoms with van der Waals surface area (Å²) in [7, 11) is 0. The molecule has 1 aliphatic heterocycles. The predicted molar refractivity (Wildman–Crippen MR) is 103 cm³/mol. The van der Waals surface area contributed by atoms with Gasteiger partial charge in [0, 0.05) is 30.3 Å². The van der Waals surface area contributed by atoms with Crippen LogP contribution in [0.5, 0.6) is 0 Å². The average molecular weight is 398 g/mol. The number of benzene rings is 1. The number of aromatic nitrogens is 2. The maximum atomic E-state index is 13.0. The summed E-state index contributed by atoms with van der Waals surface area (Å²) in [5.74, 6) is 0.765. The Morgan fingerprint density at radius 1 is 1.32 bits per heavy atom. The predicted octanol–water partition coefficient (Wildman–Crippen LogP) is 4.03. The van der Waals surface area contributed by atoms with Crippen molar-refractivity contribution in [2.75, 3.05) is 13.1 Å². The van der Waals surface area contributed by atoms with Gasteiger partial charge in [-0.2, -0.15) is 0 Å². The van der Waals surface area contributed by atoms with E-state index in [1.807, 2.05) is 17.5 Å². The maximum Gasteiger partial charge on any atom is 0.273 e. The zero-order valence-electron chi connectivity index (χ0n) is 15.2. The van der Waals surface area contributed by atoms with Crippen LogP contribution in [0.15, 0.2) is 40.1 Å². The summed E-state index contributed by atoms with van der Waals surface area (Å²) in [5, 5.41) is 21.4. The Hall–Kier alpha value is -3.07. The normalized spacial score (nSPS) is 16.9. The van der Waals surface area contributed by atoms with Crippen LogP contribution in [0, 0.1) is 17.0 Å². The number of nitrogens with zero attached hydrogens (tertiary/aromatic N) is 4. The Morgan fingerprint density at radius 3 is 2.93 bits per heavy atom. The Morgan fingerprint density at radius 2 is 2.18 bits per heavy atom. The van der Waals surface area contributed by atoms with Gasteiger partial charge in [0.15, 0.2) is 0 Å². The molecule has 28 heavy (non-hydrogen) atoms. The van der Waals surface area contributed by atoms with E-state index in [9.17, 15) is 14.9 Å². The van der Waals surface area contributed by atoms with E-state index < -0.39 is 4.92 Å². The number of piperidine rings is 1. The number of hydrogen-bond acceptors (Lipinski definition) is 7. The fourth-order valence-electron chi connectivity index (χ4n) is 3.49. The van der Waals surface area contributed by atoms with E-state index >= 15 is 0 Å². The zero-order valence-corrected chi connectivity index (χ0v) is 16.0. The molecule has 0 bridgehead atoms. The molecule has 8 nitrogen and oxygen atoms in total. The molecule has 1 amide bonds. The fourth-order valence-corrected chi connectivity index (χ4v) is 4.13. The lowest BCUT2D eigenvalue weighted by atomic mass is 9.96. The first-order valence-electron chi connectivity index (χ1n) is 8.95. The first-order valence-corrected chi connectivity index (χ1v) is 9.83. The number of thiophene rings is 1. The number of nitro groups is 1. The Bertz CT molecular complexity index is 1010. The molecule has 1 saturated heterocycles. The molecule has 0 aliphatic carbocycles. The smallest absolute Gasteiger partial charge is 0.273 e. The molecule has 3 aromatic rings. The first-order chi connectivity index (χ1) is 13.5. The molecule has 4 rings (SSSR count). The van der Waals surface area contributed by atoms with E-state index in [0.717, 1.165) is 17.7 Å². The van der Waals surface area contributed by atoms with Gasteiger partial charge >= 0.3 is 0 Å². The third-order valence-electron chi connectivity index (χ3n) is 4.96. The highest BCUT2D eigenvalue weighted by molar-refractivity contribution is 7.13. The van der Waals surface area contributed by atoms with Crippen molar-refractivity contribution in [2.24, 2.45) is 0 Å². The standard InChI is InChI=1S/C19H18N4O4S/c1-12-14(6-2-7-15(12)23(25)26)19(24)22-9-3-5-13(11-22)17-20-21-18(27-17)16-8-4-10-28-16/h2,4,6-8,10,13H,3,5,9,11H2,1H3. The third-order valence-corrected chi connectivity index (χ3v) is 5.82. The van der Waals surface area contributed by atoms with Crippen molar-refractivity contribution in [2.45, 2.75) is 25.7 Å². The molecule has 1 atom stereocenters. The molecule has 0 radical (unpaired) electrons. The zero-order chi connectivity index (χ0) is 19.7. The summed E-state index contributed by atoms with van der Waals surface area (Å²) >= 11 is 1.53. The lowest BCUT2D eigenvalue weighted by Crippen LogP contribution is -2.39. The second-order valence-electron chi connectivity index (χ2n) is 6.72. The highest BCUT2D eigenvalue weighted by Gasteiger charge is 2.30. The summed E-state index contributed by atoms with van der Waals surface area (Å²) in [5.41, 5.74) is 0.703. The number of hydrogen-bond donors (Lipinski definition) is 0. The summed E-state index contributed by atoms with van der Waals surface area (Å²) in [6.45, 7) is 2.66. The van der Waals surface area contributed by atoms with Crippen LogP contribution < -0.4 is 0 Å². The van der Waals surface area contributed by atoms with Crippen molar-refractivity contribution < 1.29 is 14.1 Å². The average Bonchev–Trinajstić information content (AvgIpc) is 3.39. The van der Waals surface area contributed by atoms with Gasteiger partial charge in [-0.1, -0.05) is 12.1 Å². The van der Waals surface area contributed by atoms with E-state index in [1.165, 1.54) is 17.4 Å². The van der Waals surface area contributed by atoms with Gasteiger partial charge in [0.05, 0.1) is 15.7 Å². The lowest BCUT2D eigenvalue weighted by Gasteiger charge is -2.31. The van der Waals surface area contributed by atoms with Crippen molar-refractivity contribution in [1.82, 2.24) is 15.1 Å². The highest BCUT2D eigenvalue weighted by Crippen LogP contribution is 2.31. The molecule has 1 unspecified atom stereocenters. The van der Waals surface area contributed by atoms with Crippen LogP contribution in [0.3, 0.4) is 0 Å². The Labute approximate surface area is 165 Å². The van der Waals surface area contributed by atoms with Crippen molar-refractivity contribution in [3.05, 3.63) is 62.8 Å². The van der Waals surface area contributed by atoms with Crippen molar-refractivity contribution in [3.8, 4) is 10.8 Å². The molecule has 1 aromatic carbocycles. The molecule has 9 heteroatoms. The van der Waals surface area contributed by atoms with Gasteiger partial charge in [-0.3, -0.25) is 14.9 Å². The summed E-state index contributed by atoms with van der Waals surface area (Å²) in [4.78, 5) is 26.3. The molecule has 1 fully saturated rings. The number of carbonyl (C=O) groups is 1. The van der Waals surface area contributed by atoms with Crippen LogP contribution in [0.1, 0.15) is 40.6 Å². The summed E-state index contributed by atoms with van der Waals surface area (Å²) in [6, 6.07) is 8.44. The number of rotatable bonds is 4. The quantitative estimate of drug-likeness (QED) is 0.485. The second-order valence-corrected chi connectivity index (χ2v) is 7.67. The molecule has 2 aromatic heterocycles. The number of nitro benzene ring substituents is 1. The van der Waals surface area contributed by atoms with Crippen LogP contribution >= 0.6 is 11.3 Å². The van der Waals surface area contributed by atoms with Crippen LogP contribution in [-0.4, -0.2) is 39.0 Å². The van der Waals surface area contributed by atoms with Gasteiger partial charge in [0.25, 0.3) is 17.5 Å². The van der Waals surface area contributed by atoms with Gasteiger partial charge < -0.3 is 9.32 Å². The molecule has 0 spiro atoms. The fraction of sp³-hybridized carbons (Fsp3) is 0.316. The topological polar surface area (TPSA) is 102 Å². The van der Waals surface area contributed by atoms with E-state index in [-0.39, 0.29) is 17.5 Å². The highest BCUT2D eigenvalue weighted by atomic mass is 32.1. The van der Waals surface area contributed by atoms with Gasteiger partial charge in [-0.25, -0.2) is 0 Å². The molecule has 3 heterocycles. The number of carbonyl (C=O) groups excluding carboxylic acids is 1. The second kappa shape index (κ2) is 7.51. The molecule has 1 aliphatic rings. The Balaban J connectivity index is 1.54. The molecule has 144 valence electrons. The van der Waals surface area contributed by atoms with Gasteiger partial charge in [-0.05, 0) is 37.3 Å². The minimum atomic E-state index is -0.463. The van der Waals surface area contributed by atoms with Crippen LogP contribution in [-0.2, 0) is 0 Å². The lowest BCUT2D eigenvalue weighted by molar-refractivity contribution is -0.385. The molecular formula is C19H18N4O4S. The molecule has 0 N–H and O–H groups in total. The van der Waals surface area contributed by atoms with Gasteiger partial charge in [-0.15, -0.1) is 21.5 Å². The first kappa shape index (κ1) is 18.3. The van der Waals surface area contributed by atoms with E-state index in [4.69, 9.17) is 4.42 Å².